The predicted molar refractivity (Wildman–Crippen MR) is 82.4 cm³/mol. The largest absolute Gasteiger partial charge is 0.507 e. The van der Waals surface area contributed by atoms with Crippen LogP contribution in [0.15, 0.2) is 28.7 Å². The van der Waals surface area contributed by atoms with Crippen molar-refractivity contribution in [1.29, 1.82) is 0 Å². The van der Waals surface area contributed by atoms with Crippen LogP contribution in [0.25, 0.3) is 22.3 Å². The summed E-state index contributed by atoms with van der Waals surface area (Å²) in [4.78, 5) is 0. The van der Waals surface area contributed by atoms with E-state index in [1.807, 2.05) is 0 Å². The van der Waals surface area contributed by atoms with E-state index >= 15 is 0 Å². The summed E-state index contributed by atoms with van der Waals surface area (Å²) in [5.74, 6) is 1.96. The fourth-order valence-electron chi connectivity index (χ4n) is 2.89. The van der Waals surface area contributed by atoms with Crippen molar-refractivity contribution in [1.82, 2.24) is 0 Å². The van der Waals surface area contributed by atoms with Gasteiger partial charge >= 0.3 is 0 Å². The molecule has 1 aromatic heterocycles. The summed E-state index contributed by atoms with van der Waals surface area (Å²) in [7, 11) is 3.03. The van der Waals surface area contributed by atoms with Gasteiger partial charge in [-0.3, -0.25) is 0 Å². The predicted octanol–water partition coefficient (Wildman–Crippen LogP) is 3.42. The van der Waals surface area contributed by atoms with Crippen LogP contribution < -0.4 is 14.2 Å². The fourth-order valence-corrected chi connectivity index (χ4v) is 2.89. The Morgan fingerprint density at radius 1 is 0.957 bits per heavy atom. The maximum absolute atomic E-state index is 10.3. The van der Waals surface area contributed by atoms with E-state index < -0.39 is 0 Å². The Labute approximate surface area is 131 Å². The van der Waals surface area contributed by atoms with Gasteiger partial charge in [0, 0.05) is 29.8 Å². The van der Waals surface area contributed by atoms with Gasteiger partial charge < -0.3 is 28.8 Å². The molecule has 0 saturated carbocycles. The number of hydrogen-bond acceptors (Lipinski definition) is 6. The number of benzene rings is 2. The Morgan fingerprint density at radius 2 is 1.65 bits per heavy atom. The molecule has 0 saturated heterocycles. The third kappa shape index (κ3) is 1.88. The van der Waals surface area contributed by atoms with E-state index in [9.17, 15) is 10.2 Å². The third-order valence-electron chi connectivity index (χ3n) is 3.97. The van der Waals surface area contributed by atoms with Gasteiger partial charge in [0.1, 0.15) is 52.3 Å². The summed E-state index contributed by atoms with van der Waals surface area (Å²) in [6.45, 7) is 0.224. The van der Waals surface area contributed by atoms with Crippen LogP contribution in [0.5, 0.6) is 28.7 Å². The topological polar surface area (TPSA) is 81.3 Å². The van der Waals surface area contributed by atoms with Gasteiger partial charge in [0.25, 0.3) is 0 Å². The van der Waals surface area contributed by atoms with Crippen LogP contribution in [0.4, 0.5) is 0 Å². The van der Waals surface area contributed by atoms with E-state index in [0.29, 0.717) is 45.1 Å². The van der Waals surface area contributed by atoms with Crippen molar-refractivity contribution in [3.8, 4) is 40.1 Å². The zero-order valence-electron chi connectivity index (χ0n) is 12.5. The highest BCUT2D eigenvalue weighted by molar-refractivity contribution is 5.96. The number of phenolic OH excluding ortho intramolecular Hbond substituents is 2. The molecular formula is C17H14O6. The van der Waals surface area contributed by atoms with Gasteiger partial charge in [-0.15, -0.1) is 0 Å². The summed E-state index contributed by atoms with van der Waals surface area (Å²) in [5, 5.41) is 21.1. The number of hydrogen-bond donors (Lipinski definition) is 2. The molecule has 0 fully saturated rings. The Morgan fingerprint density at radius 3 is 2.39 bits per heavy atom. The number of aromatic hydroxyl groups is 2. The molecule has 0 unspecified atom stereocenters. The van der Waals surface area contributed by atoms with Gasteiger partial charge in [0.2, 0.25) is 0 Å². The molecule has 23 heavy (non-hydrogen) atoms. The number of furan rings is 1. The van der Waals surface area contributed by atoms with Crippen molar-refractivity contribution in [2.45, 2.75) is 6.61 Å². The molecule has 0 radical (unpaired) electrons. The maximum atomic E-state index is 10.3. The van der Waals surface area contributed by atoms with Crippen LogP contribution in [0.1, 0.15) is 5.56 Å². The summed E-state index contributed by atoms with van der Waals surface area (Å²) in [5.41, 5.74) is 1.60. The zero-order valence-corrected chi connectivity index (χ0v) is 12.5. The quantitative estimate of drug-likeness (QED) is 0.754. The monoisotopic (exact) mass is 314 g/mol. The van der Waals surface area contributed by atoms with Gasteiger partial charge in [0.15, 0.2) is 0 Å². The summed E-state index contributed by atoms with van der Waals surface area (Å²) < 4.78 is 21.9. The van der Waals surface area contributed by atoms with Gasteiger partial charge in [-0.05, 0) is 0 Å². The van der Waals surface area contributed by atoms with Crippen molar-refractivity contribution in [2.24, 2.45) is 0 Å². The van der Waals surface area contributed by atoms with Crippen LogP contribution in [-0.4, -0.2) is 24.4 Å². The number of phenols is 2. The molecule has 0 bridgehead atoms. The zero-order chi connectivity index (χ0) is 16.1. The normalized spacial score (nSPS) is 12.4. The van der Waals surface area contributed by atoms with Gasteiger partial charge in [-0.25, -0.2) is 0 Å². The molecule has 0 atom stereocenters. The lowest BCUT2D eigenvalue weighted by Gasteiger charge is -2.18. The van der Waals surface area contributed by atoms with Crippen molar-refractivity contribution >= 4 is 11.0 Å². The van der Waals surface area contributed by atoms with E-state index in [1.54, 1.807) is 12.1 Å². The highest BCUT2D eigenvalue weighted by Gasteiger charge is 2.29. The lowest BCUT2D eigenvalue weighted by molar-refractivity contribution is 0.294. The minimum atomic E-state index is -0.00851. The molecule has 2 N–H and O–H groups in total. The lowest BCUT2D eigenvalue weighted by atomic mass is 10.0. The van der Waals surface area contributed by atoms with E-state index in [-0.39, 0.29) is 18.1 Å². The second-order valence-electron chi connectivity index (χ2n) is 5.24. The Bertz CT molecular complexity index is 925. The summed E-state index contributed by atoms with van der Waals surface area (Å²) in [6, 6.07) is 6.38. The second-order valence-corrected chi connectivity index (χ2v) is 5.24. The van der Waals surface area contributed by atoms with Crippen molar-refractivity contribution in [3.05, 3.63) is 29.8 Å². The molecule has 118 valence electrons. The van der Waals surface area contributed by atoms with E-state index in [2.05, 4.69) is 0 Å². The highest BCUT2D eigenvalue weighted by atomic mass is 16.5. The Hall–Kier alpha value is -3.02. The van der Waals surface area contributed by atoms with Crippen LogP contribution >= 0.6 is 0 Å². The first-order valence-corrected chi connectivity index (χ1v) is 6.99. The van der Waals surface area contributed by atoms with Gasteiger partial charge in [-0.1, -0.05) is 0 Å². The van der Waals surface area contributed by atoms with E-state index in [1.165, 1.54) is 26.4 Å². The first-order valence-electron chi connectivity index (χ1n) is 6.99. The molecule has 6 heteroatoms. The summed E-state index contributed by atoms with van der Waals surface area (Å²) >= 11 is 0. The molecule has 1 aliphatic heterocycles. The lowest BCUT2D eigenvalue weighted by Crippen LogP contribution is -2.04. The van der Waals surface area contributed by atoms with Gasteiger partial charge in [0.05, 0.1) is 19.6 Å². The van der Waals surface area contributed by atoms with Crippen molar-refractivity contribution in [2.75, 3.05) is 14.2 Å². The second kappa shape index (κ2) is 4.74. The standard InChI is InChI=1S/C17H14O6/c1-20-8-4-12(19)16-13(5-8)22-7-10-15-11(18)3-9(21-2)6-14(15)23-17(10)16/h3-6,18-19H,7H2,1-2H3. The number of ether oxygens (including phenoxy) is 3. The molecular weight excluding hydrogens is 300 g/mol. The van der Waals surface area contributed by atoms with Crippen LogP contribution in [0, 0.1) is 0 Å². The summed E-state index contributed by atoms with van der Waals surface area (Å²) in [6.07, 6.45) is 0. The Balaban J connectivity index is 2.02. The molecule has 2 heterocycles. The molecule has 0 spiro atoms. The molecule has 0 aliphatic carbocycles. The maximum Gasteiger partial charge on any atom is 0.149 e. The number of fused-ring (bicyclic) bond motifs is 5. The third-order valence-corrected chi connectivity index (χ3v) is 3.97. The van der Waals surface area contributed by atoms with Crippen LogP contribution in [0.3, 0.4) is 0 Å². The van der Waals surface area contributed by atoms with E-state index in [4.69, 9.17) is 18.6 Å². The minimum absolute atomic E-state index is 0.00851. The fraction of sp³-hybridized carbons (Fsp3) is 0.176. The Kier molecular flexibility index (Phi) is 2.81. The first kappa shape index (κ1) is 13.6. The SMILES string of the molecule is COc1cc(O)c2c(c1)OCc1c-2oc2cc(OC)cc(O)c12. The minimum Gasteiger partial charge on any atom is -0.507 e. The van der Waals surface area contributed by atoms with Gasteiger partial charge in [-0.2, -0.15) is 0 Å². The average molecular weight is 314 g/mol. The molecule has 2 aromatic carbocycles. The number of rotatable bonds is 2. The van der Waals surface area contributed by atoms with E-state index in [0.717, 1.165) is 0 Å². The molecule has 6 nitrogen and oxygen atoms in total. The number of methoxy groups -OCH3 is 2. The van der Waals surface area contributed by atoms with Crippen molar-refractivity contribution < 1.29 is 28.8 Å². The molecule has 1 aliphatic rings. The highest BCUT2D eigenvalue weighted by Crippen LogP contribution is 2.50. The smallest absolute Gasteiger partial charge is 0.149 e. The van der Waals surface area contributed by atoms with Crippen molar-refractivity contribution in [3.63, 3.8) is 0 Å². The van der Waals surface area contributed by atoms with Crippen LogP contribution in [0.2, 0.25) is 0 Å². The average Bonchev–Trinajstić information content (AvgIpc) is 2.92. The first-order chi connectivity index (χ1) is 11.1. The molecule has 4 rings (SSSR count). The van der Waals surface area contributed by atoms with Crippen LogP contribution in [-0.2, 0) is 6.61 Å². The molecule has 0 amide bonds. The molecule has 3 aromatic rings.